The average Bonchev–Trinajstić information content (AvgIpc) is 2.26. The molecule has 0 saturated carbocycles. The van der Waals surface area contributed by atoms with Crippen LogP contribution in [-0.4, -0.2) is 28.9 Å². The highest BCUT2D eigenvalue weighted by molar-refractivity contribution is 7.99. The Morgan fingerprint density at radius 2 is 2.50 bits per heavy atom. The largest absolute Gasteiger partial charge is 0.468 e. The van der Waals surface area contributed by atoms with Crippen molar-refractivity contribution < 1.29 is 14.6 Å². The van der Waals surface area contributed by atoms with Gasteiger partial charge >= 0.3 is 5.97 Å². The van der Waals surface area contributed by atoms with Crippen LogP contribution in [0.1, 0.15) is 5.56 Å². The van der Waals surface area contributed by atoms with Crippen molar-refractivity contribution in [2.24, 2.45) is 0 Å². The highest BCUT2D eigenvalue weighted by Crippen LogP contribution is 2.19. The Labute approximate surface area is 86.3 Å². The average molecular weight is 213 g/mol. The van der Waals surface area contributed by atoms with Crippen molar-refractivity contribution in [3.8, 4) is 0 Å². The molecule has 0 aromatic carbocycles. The number of aromatic nitrogens is 1. The Bertz CT molecular complexity index is 317. The summed E-state index contributed by atoms with van der Waals surface area (Å²) < 4.78 is 4.50. The number of rotatable bonds is 4. The van der Waals surface area contributed by atoms with Gasteiger partial charge in [-0.3, -0.25) is 4.79 Å². The van der Waals surface area contributed by atoms with Gasteiger partial charge in [-0.25, -0.2) is 4.98 Å². The van der Waals surface area contributed by atoms with Crippen LogP contribution in [0, 0.1) is 0 Å². The minimum Gasteiger partial charge on any atom is -0.468 e. The van der Waals surface area contributed by atoms with E-state index in [1.807, 2.05) is 0 Å². The molecule has 0 unspecified atom stereocenters. The van der Waals surface area contributed by atoms with Crippen LogP contribution in [0.4, 0.5) is 0 Å². The van der Waals surface area contributed by atoms with Crippen molar-refractivity contribution in [1.29, 1.82) is 0 Å². The number of carbonyl (C=O) groups excluding carboxylic acids is 1. The molecule has 4 nitrogen and oxygen atoms in total. The van der Waals surface area contributed by atoms with E-state index in [2.05, 4.69) is 9.72 Å². The van der Waals surface area contributed by atoms with Crippen LogP contribution in [0.15, 0.2) is 23.4 Å². The molecule has 1 heterocycles. The van der Waals surface area contributed by atoms with Gasteiger partial charge in [-0.2, -0.15) is 0 Å². The molecule has 5 heteroatoms. The van der Waals surface area contributed by atoms with E-state index in [1.165, 1.54) is 18.9 Å². The number of aliphatic hydroxyl groups excluding tert-OH is 1. The molecule has 0 aliphatic heterocycles. The minimum atomic E-state index is -0.301. The van der Waals surface area contributed by atoms with E-state index in [9.17, 15) is 4.79 Å². The first-order valence-corrected chi connectivity index (χ1v) is 5.01. The number of carbonyl (C=O) groups is 1. The van der Waals surface area contributed by atoms with Crippen molar-refractivity contribution in [3.63, 3.8) is 0 Å². The SMILES string of the molecule is COC(=O)CSc1ncccc1CO. The van der Waals surface area contributed by atoms with Crippen LogP contribution < -0.4 is 0 Å². The summed E-state index contributed by atoms with van der Waals surface area (Å²) in [7, 11) is 1.34. The molecule has 0 saturated heterocycles. The molecule has 14 heavy (non-hydrogen) atoms. The maximum atomic E-state index is 10.9. The van der Waals surface area contributed by atoms with Gasteiger partial charge in [0.1, 0.15) is 5.03 Å². The molecular formula is C9H11NO3S. The lowest BCUT2D eigenvalue weighted by molar-refractivity contribution is -0.137. The highest BCUT2D eigenvalue weighted by Gasteiger charge is 2.06. The number of pyridine rings is 1. The summed E-state index contributed by atoms with van der Waals surface area (Å²) in [4.78, 5) is 14.9. The number of esters is 1. The molecule has 0 aliphatic rings. The predicted octanol–water partition coefficient (Wildman–Crippen LogP) is 0.839. The van der Waals surface area contributed by atoms with E-state index in [-0.39, 0.29) is 18.3 Å². The number of thioether (sulfide) groups is 1. The van der Waals surface area contributed by atoms with Crippen molar-refractivity contribution in [1.82, 2.24) is 4.98 Å². The van der Waals surface area contributed by atoms with Crippen LogP contribution in [0.3, 0.4) is 0 Å². The lowest BCUT2D eigenvalue weighted by atomic mass is 10.3. The fraction of sp³-hybridized carbons (Fsp3) is 0.333. The lowest BCUT2D eigenvalue weighted by Crippen LogP contribution is -2.04. The Morgan fingerprint density at radius 3 is 3.14 bits per heavy atom. The maximum Gasteiger partial charge on any atom is 0.316 e. The zero-order valence-corrected chi connectivity index (χ0v) is 8.58. The van der Waals surface area contributed by atoms with Crippen LogP contribution in [-0.2, 0) is 16.1 Å². The molecule has 0 spiro atoms. The number of ether oxygens (including phenoxy) is 1. The second-order valence-electron chi connectivity index (χ2n) is 2.49. The third kappa shape index (κ3) is 3.01. The van der Waals surface area contributed by atoms with E-state index in [1.54, 1.807) is 18.3 Å². The van der Waals surface area contributed by atoms with Crippen molar-refractivity contribution >= 4 is 17.7 Å². The van der Waals surface area contributed by atoms with Crippen LogP contribution in [0.25, 0.3) is 0 Å². The van der Waals surface area contributed by atoms with Gasteiger partial charge in [0.25, 0.3) is 0 Å². The van der Waals surface area contributed by atoms with Crippen molar-refractivity contribution in [2.75, 3.05) is 12.9 Å². The Balaban J connectivity index is 2.61. The third-order valence-electron chi connectivity index (χ3n) is 1.57. The van der Waals surface area contributed by atoms with E-state index in [4.69, 9.17) is 5.11 Å². The Kier molecular flexibility index (Phi) is 4.42. The Hall–Kier alpha value is -1.07. The van der Waals surface area contributed by atoms with Crippen LogP contribution in [0.5, 0.6) is 0 Å². The van der Waals surface area contributed by atoms with Crippen molar-refractivity contribution in [3.05, 3.63) is 23.9 Å². The number of methoxy groups -OCH3 is 1. The first-order valence-electron chi connectivity index (χ1n) is 4.02. The zero-order valence-electron chi connectivity index (χ0n) is 7.77. The molecule has 0 radical (unpaired) electrons. The molecule has 1 aromatic rings. The molecule has 0 fully saturated rings. The molecule has 0 amide bonds. The summed E-state index contributed by atoms with van der Waals surface area (Å²) in [5.74, 6) is -0.0925. The summed E-state index contributed by atoms with van der Waals surface area (Å²) in [5.41, 5.74) is 0.724. The normalized spacial score (nSPS) is 9.86. The molecule has 0 bridgehead atoms. The topological polar surface area (TPSA) is 59.4 Å². The van der Waals surface area contributed by atoms with Gasteiger partial charge in [-0.1, -0.05) is 17.8 Å². The fourth-order valence-electron chi connectivity index (χ4n) is 0.861. The van der Waals surface area contributed by atoms with Crippen molar-refractivity contribution in [2.45, 2.75) is 11.6 Å². The second kappa shape index (κ2) is 5.62. The number of hydrogen-bond donors (Lipinski definition) is 1. The second-order valence-corrected chi connectivity index (χ2v) is 3.45. The minimum absolute atomic E-state index is 0.0721. The van der Waals surface area contributed by atoms with E-state index in [0.29, 0.717) is 5.03 Å². The molecule has 1 N–H and O–H groups in total. The highest BCUT2D eigenvalue weighted by atomic mass is 32.2. The van der Waals surface area contributed by atoms with Gasteiger partial charge in [-0.05, 0) is 6.07 Å². The summed E-state index contributed by atoms with van der Waals surface area (Å²) >= 11 is 1.26. The monoisotopic (exact) mass is 213 g/mol. The maximum absolute atomic E-state index is 10.9. The quantitative estimate of drug-likeness (QED) is 0.593. The predicted molar refractivity (Wildman–Crippen MR) is 52.9 cm³/mol. The molecule has 76 valence electrons. The summed E-state index contributed by atoms with van der Waals surface area (Å²) in [6.45, 7) is -0.0721. The summed E-state index contributed by atoms with van der Waals surface area (Å²) in [5, 5.41) is 9.64. The van der Waals surface area contributed by atoms with Crippen LogP contribution in [0.2, 0.25) is 0 Å². The molecule has 0 atom stereocenters. The fourth-order valence-corrected chi connectivity index (χ4v) is 1.69. The Morgan fingerprint density at radius 1 is 1.71 bits per heavy atom. The lowest BCUT2D eigenvalue weighted by Gasteiger charge is -2.03. The van der Waals surface area contributed by atoms with E-state index in [0.717, 1.165) is 5.56 Å². The van der Waals surface area contributed by atoms with E-state index < -0.39 is 0 Å². The van der Waals surface area contributed by atoms with E-state index >= 15 is 0 Å². The van der Waals surface area contributed by atoms with Gasteiger partial charge in [0.15, 0.2) is 0 Å². The third-order valence-corrected chi connectivity index (χ3v) is 2.60. The van der Waals surface area contributed by atoms with Gasteiger partial charge in [0.2, 0.25) is 0 Å². The van der Waals surface area contributed by atoms with Gasteiger partial charge in [0.05, 0.1) is 19.5 Å². The summed E-state index contributed by atoms with van der Waals surface area (Å²) in [6.07, 6.45) is 1.62. The van der Waals surface area contributed by atoms with Gasteiger partial charge in [-0.15, -0.1) is 0 Å². The smallest absolute Gasteiger partial charge is 0.316 e. The molecular weight excluding hydrogens is 202 g/mol. The summed E-state index contributed by atoms with van der Waals surface area (Å²) in [6, 6.07) is 3.51. The molecule has 1 rings (SSSR count). The first kappa shape index (κ1) is 11.0. The molecule has 1 aromatic heterocycles. The van der Waals surface area contributed by atoms with Gasteiger partial charge in [0, 0.05) is 11.8 Å². The standard InChI is InChI=1S/C9H11NO3S/c1-13-8(12)6-14-9-7(5-11)3-2-4-10-9/h2-4,11H,5-6H2,1H3. The zero-order chi connectivity index (χ0) is 10.4. The van der Waals surface area contributed by atoms with Gasteiger partial charge < -0.3 is 9.84 Å². The number of nitrogens with zero attached hydrogens (tertiary/aromatic N) is 1. The number of aliphatic hydroxyl groups is 1. The van der Waals surface area contributed by atoms with Crippen LogP contribution >= 0.6 is 11.8 Å². The number of hydrogen-bond acceptors (Lipinski definition) is 5. The molecule has 0 aliphatic carbocycles. The first-order chi connectivity index (χ1) is 6.77.